The summed E-state index contributed by atoms with van der Waals surface area (Å²) in [5.41, 5.74) is 0.616. The van der Waals surface area contributed by atoms with E-state index in [4.69, 9.17) is 21.7 Å². The van der Waals surface area contributed by atoms with Crippen LogP contribution in [0.5, 0.6) is 11.5 Å². The molecule has 0 spiro atoms. The SMILES string of the molecule is COc1ccc(C=C2SC(=S)N(CCCCCC(=O)Nc3ncc(Cc4cccc(C(F)(F)F)c4)s3)C2=O)cc1OC. The number of hydrogen-bond donors (Lipinski definition) is 1. The molecule has 1 aliphatic heterocycles. The highest BCUT2D eigenvalue weighted by atomic mass is 32.2. The van der Waals surface area contributed by atoms with Gasteiger partial charge in [-0.1, -0.05) is 54.7 Å². The molecule has 2 aromatic carbocycles. The van der Waals surface area contributed by atoms with Crippen LogP contribution in [0.3, 0.4) is 0 Å². The minimum Gasteiger partial charge on any atom is -0.493 e. The summed E-state index contributed by atoms with van der Waals surface area (Å²) >= 11 is 7.90. The molecule has 1 saturated heterocycles. The smallest absolute Gasteiger partial charge is 0.416 e. The molecule has 0 saturated carbocycles. The van der Waals surface area contributed by atoms with E-state index in [2.05, 4.69) is 10.3 Å². The highest BCUT2D eigenvalue weighted by Gasteiger charge is 2.32. The molecule has 222 valence electrons. The number of carbonyl (C=O) groups is 2. The summed E-state index contributed by atoms with van der Waals surface area (Å²) in [7, 11) is 3.11. The molecule has 0 unspecified atom stereocenters. The van der Waals surface area contributed by atoms with Gasteiger partial charge in [0.1, 0.15) is 4.32 Å². The number of benzene rings is 2. The van der Waals surface area contributed by atoms with Crippen LogP contribution in [-0.2, 0) is 22.2 Å². The number of hydrogen-bond acceptors (Lipinski definition) is 8. The third-order valence-corrected chi connectivity index (χ3v) is 8.59. The molecule has 1 N–H and O–H groups in total. The Bertz CT molecular complexity index is 1490. The Balaban J connectivity index is 1.19. The fraction of sp³-hybridized carbons (Fsp3) is 0.310. The van der Waals surface area contributed by atoms with Crippen LogP contribution in [0.4, 0.5) is 18.3 Å². The maximum Gasteiger partial charge on any atom is 0.416 e. The monoisotopic (exact) mass is 635 g/mol. The molecular weight excluding hydrogens is 608 g/mol. The van der Waals surface area contributed by atoms with Crippen LogP contribution in [0.25, 0.3) is 6.08 Å². The van der Waals surface area contributed by atoms with E-state index in [0.29, 0.717) is 50.8 Å². The number of unbranched alkanes of at least 4 members (excludes halogenated alkanes) is 2. The molecule has 0 atom stereocenters. The van der Waals surface area contributed by atoms with Gasteiger partial charge in [-0.2, -0.15) is 13.2 Å². The van der Waals surface area contributed by atoms with E-state index in [0.717, 1.165) is 29.0 Å². The molecule has 42 heavy (non-hydrogen) atoms. The molecule has 1 aromatic heterocycles. The van der Waals surface area contributed by atoms with E-state index in [1.54, 1.807) is 49.6 Å². The van der Waals surface area contributed by atoms with Gasteiger partial charge in [0.25, 0.3) is 5.91 Å². The van der Waals surface area contributed by atoms with E-state index in [1.165, 1.54) is 29.2 Å². The Morgan fingerprint density at radius 2 is 1.88 bits per heavy atom. The zero-order valence-electron chi connectivity index (χ0n) is 22.8. The van der Waals surface area contributed by atoms with Crippen molar-refractivity contribution >= 4 is 62.7 Å². The number of nitrogens with one attached hydrogen (secondary N) is 1. The minimum absolute atomic E-state index is 0.151. The highest BCUT2D eigenvalue weighted by molar-refractivity contribution is 8.26. The summed E-state index contributed by atoms with van der Waals surface area (Å²) in [5, 5.41) is 3.15. The van der Waals surface area contributed by atoms with Gasteiger partial charge in [0.15, 0.2) is 16.6 Å². The maximum absolute atomic E-state index is 13.0. The van der Waals surface area contributed by atoms with Crippen molar-refractivity contribution in [2.45, 2.75) is 38.3 Å². The number of amides is 2. The van der Waals surface area contributed by atoms with Crippen LogP contribution in [0, 0.1) is 0 Å². The van der Waals surface area contributed by atoms with Gasteiger partial charge in [0.05, 0.1) is 24.7 Å². The number of thioether (sulfide) groups is 1. The number of anilines is 1. The second-order valence-electron chi connectivity index (χ2n) is 9.31. The molecule has 0 aliphatic carbocycles. The van der Waals surface area contributed by atoms with E-state index in [-0.39, 0.29) is 24.7 Å². The fourth-order valence-corrected chi connectivity index (χ4v) is 6.38. The largest absolute Gasteiger partial charge is 0.493 e. The summed E-state index contributed by atoms with van der Waals surface area (Å²) in [4.78, 5) is 32.3. The van der Waals surface area contributed by atoms with Crippen LogP contribution in [0.1, 0.15) is 47.3 Å². The van der Waals surface area contributed by atoms with E-state index < -0.39 is 11.7 Å². The van der Waals surface area contributed by atoms with E-state index in [1.807, 2.05) is 6.07 Å². The third-order valence-electron chi connectivity index (χ3n) is 6.30. The van der Waals surface area contributed by atoms with Gasteiger partial charge in [0, 0.05) is 30.5 Å². The first-order chi connectivity index (χ1) is 20.1. The average molecular weight is 636 g/mol. The first kappa shape index (κ1) is 31.5. The molecule has 7 nitrogen and oxygen atoms in total. The number of methoxy groups -OCH3 is 2. The first-order valence-electron chi connectivity index (χ1n) is 13.0. The topological polar surface area (TPSA) is 80.8 Å². The molecule has 13 heteroatoms. The predicted octanol–water partition coefficient (Wildman–Crippen LogP) is 7.17. The van der Waals surface area contributed by atoms with Crippen molar-refractivity contribution in [3.63, 3.8) is 0 Å². The molecular formula is C29H28F3N3O4S3. The molecule has 3 aromatic rings. The Morgan fingerprint density at radius 3 is 2.62 bits per heavy atom. The van der Waals surface area contributed by atoms with Gasteiger partial charge in [-0.05, 0) is 48.2 Å². The van der Waals surface area contributed by atoms with Gasteiger partial charge in [0.2, 0.25) is 5.91 Å². The van der Waals surface area contributed by atoms with Gasteiger partial charge in [-0.3, -0.25) is 14.5 Å². The van der Waals surface area contributed by atoms with E-state index >= 15 is 0 Å². The van der Waals surface area contributed by atoms with Gasteiger partial charge >= 0.3 is 6.18 Å². The predicted molar refractivity (Wildman–Crippen MR) is 163 cm³/mol. The number of ether oxygens (including phenoxy) is 2. The number of alkyl halides is 3. The van der Waals surface area contributed by atoms with Crippen LogP contribution < -0.4 is 14.8 Å². The Kier molecular flexibility index (Phi) is 10.6. The van der Waals surface area contributed by atoms with Crippen LogP contribution in [-0.4, -0.2) is 46.8 Å². The van der Waals surface area contributed by atoms with Crippen molar-refractivity contribution in [1.29, 1.82) is 0 Å². The number of rotatable bonds is 12. The molecule has 4 rings (SSSR count). The molecule has 2 heterocycles. The summed E-state index contributed by atoms with van der Waals surface area (Å²) in [6.07, 6.45) is 1.52. The number of nitrogens with zero attached hydrogens (tertiary/aromatic N) is 2. The van der Waals surface area contributed by atoms with Gasteiger partial charge in [-0.15, -0.1) is 11.3 Å². The standard InChI is InChI=1S/C29H28F3N3O4S3/c1-38-22-11-10-19(15-23(22)39-2)16-24-26(37)35(28(40)42-24)12-5-3-4-9-25(36)34-27-33-17-21(41-27)14-18-7-6-8-20(13-18)29(30,31)32/h6-8,10-11,13,15-17H,3-5,9,12,14H2,1-2H3,(H,33,34,36). The van der Waals surface area contributed by atoms with Crippen molar-refractivity contribution in [3.05, 3.63) is 75.1 Å². The lowest BCUT2D eigenvalue weighted by Crippen LogP contribution is -2.29. The average Bonchev–Trinajstić information content (AvgIpc) is 3.50. The van der Waals surface area contributed by atoms with Crippen LogP contribution in [0.15, 0.2) is 53.6 Å². The zero-order valence-corrected chi connectivity index (χ0v) is 25.3. The molecule has 2 amide bonds. The molecule has 1 aliphatic rings. The summed E-state index contributed by atoms with van der Waals surface area (Å²) in [5.74, 6) is 0.818. The van der Waals surface area contributed by atoms with Crippen LogP contribution in [0.2, 0.25) is 0 Å². The number of halogens is 3. The Morgan fingerprint density at radius 1 is 1.10 bits per heavy atom. The lowest BCUT2D eigenvalue weighted by atomic mass is 10.1. The number of thiocarbonyl (C=S) groups is 1. The van der Waals surface area contributed by atoms with Crippen LogP contribution >= 0.6 is 35.3 Å². The zero-order chi connectivity index (χ0) is 30.3. The quantitative estimate of drug-likeness (QED) is 0.128. The molecule has 0 radical (unpaired) electrons. The highest BCUT2D eigenvalue weighted by Crippen LogP contribution is 2.35. The fourth-order valence-electron chi connectivity index (χ4n) is 4.21. The minimum atomic E-state index is -4.40. The van der Waals surface area contributed by atoms with E-state index in [9.17, 15) is 22.8 Å². The number of aromatic nitrogens is 1. The number of carbonyl (C=O) groups excluding carboxylic acids is 2. The first-order valence-corrected chi connectivity index (χ1v) is 15.0. The lowest BCUT2D eigenvalue weighted by Gasteiger charge is -2.14. The summed E-state index contributed by atoms with van der Waals surface area (Å²) in [6.45, 7) is 0.459. The van der Waals surface area contributed by atoms with Crippen molar-refractivity contribution in [2.24, 2.45) is 0 Å². The summed E-state index contributed by atoms with van der Waals surface area (Å²) < 4.78 is 49.9. The maximum atomic E-state index is 13.0. The summed E-state index contributed by atoms with van der Waals surface area (Å²) in [6, 6.07) is 10.6. The van der Waals surface area contributed by atoms with Crippen molar-refractivity contribution in [1.82, 2.24) is 9.88 Å². The normalized spacial score (nSPS) is 14.5. The van der Waals surface area contributed by atoms with Gasteiger partial charge < -0.3 is 14.8 Å². The van der Waals surface area contributed by atoms with Crippen molar-refractivity contribution in [3.8, 4) is 11.5 Å². The van der Waals surface area contributed by atoms with Crippen molar-refractivity contribution in [2.75, 3.05) is 26.1 Å². The number of thiazole rings is 1. The molecule has 1 fully saturated rings. The third kappa shape index (κ3) is 8.33. The Labute approximate surface area is 255 Å². The molecule has 0 bridgehead atoms. The second-order valence-corrected chi connectivity index (χ2v) is 12.1. The van der Waals surface area contributed by atoms with Gasteiger partial charge in [-0.25, -0.2) is 4.98 Å². The van der Waals surface area contributed by atoms with Crippen molar-refractivity contribution < 1.29 is 32.2 Å². The Hall–Kier alpha value is -3.42. The lowest BCUT2D eigenvalue weighted by molar-refractivity contribution is -0.137. The second kappa shape index (κ2) is 14.2.